The molecule has 33 heavy (non-hydrogen) atoms. The highest BCUT2D eigenvalue weighted by molar-refractivity contribution is 7.80. The maximum absolute atomic E-state index is 12.8. The van der Waals surface area contributed by atoms with Crippen LogP contribution in [0, 0.1) is 0 Å². The molecule has 1 amide bonds. The second kappa shape index (κ2) is 8.89. The Morgan fingerprint density at radius 2 is 1.70 bits per heavy atom. The Bertz CT molecular complexity index is 1550. The van der Waals surface area contributed by atoms with Crippen molar-refractivity contribution in [3.05, 3.63) is 80.6 Å². The number of hydrogen-bond acceptors (Lipinski definition) is 5. The molecule has 0 aliphatic heterocycles. The highest BCUT2D eigenvalue weighted by Gasteiger charge is 2.19. The Morgan fingerprint density at radius 1 is 0.970 bits per heavy atom. The van der Waals surface area contributed by atoms with Gasteiger partial charge in [-0.05, 0) is 48.6 Å². The highest BCUT2D eigenvalue weighted by Crippen LogP contribution is 2.36. The molecule has 2 N–H and O–H groups in total. The molecule has 5 aromatic rings. The molecule has 0 aliphatic carbocycles. The Hall–Kier alpha value is -2.75. The lowest BCUT2D eigenvalue weighted by Crippen LogP contribution is -2.33. The quantitative estimate of drug-likeness (QED) is 0.252. The number of amides is 1. The van der Waals surface area contributed by atoms with E-state index < -0.39 is 5.91 Å². The Balaban J connectivity index is 1.36. The normalized spacial score (nSPS) is 11.1. The number of rotatable bonds is 3. The Labute approximate surface area is 212 Å². The van der Waals surface area contributed by atoms with Crippen molar-refractivity contribution >= 4 is 96.2 Å². The van der Waals surface area contributed by atoms with Crippen molar-refractivity contribution < 1.29 is 4.79 Å². The molecule has 0 aliphatic rings. The first kappa shape index (κ1) is 22.1. The third-order valence-electron chi connectivity index (χ3n) is 4.73. The largest absolute Gasteiger partial charge is 0.331 e. The van der Waals surface area contributed by atoms with E-state index in [-0.39, 0.29) is 5.11 Å². The van der Waals surface area contributed by atoms with Gasteiger partial charge in [-0.2, -0.15) is 4.80 Å². The topological polar surface area (TPSA) is 71.8 Å². The van der Waals surface area contributed by atoms with Crippen molar-refractivity contribution in [2.75, 3.05) is 5.32 Å². The van der Waals surface area contributed by atoms with Crippen molar-refractivity contribution in [3.8, 4) is 5.69 Å². The van der Waals surface area contributed by atoms with E-state index >= 15 is 0 Å². The zero-order valence-corrected chi connectivity index (χ0v) is 20.4. The zero-order chi connectivity index (χ0) is 23.1. The van der Waals surface area contributed by atoms with Crippen molar-refractivity contribution in [3.63, 3.8) is 0 Å². The van der Waals surface area contributed by atoms with E-state index in [4.69, 9.17) is 47.0 Å². The summed E-state index contributed by atoms with van der Waals surface area (Å²) >= 11 is 25.4. The Kier molecular flexibility index (Phi) is 5.94. The van der Waals surface area contributed by atoms with Crippen LogP contribution in [0.5, 0.6) is 0 Å². The summed E-state index contributed by atoms with van der Waals surface area (Å²) < 4.78 is 0.812. The van der Waals surface area contributed by atoms with Crippen LogP contribution >= 0.6 is 58.4 Å². The first-order valence-electron chi connectivity index (χ1n) is 9.51. The average Bonchev–Trinajstić information content (AvgIpc) is 3.35. The number of halogens is 3. The summed E-state index contributed by atoms with van der Waals surface area (Å²) in [5.41, 5.74) is 2.55. The van der Waals surface area contributed by atoms with E-state index in [1.807, 2.05) is 30.3 Å². The number of thiocarbonyl (C=S) groups is 1. The predicted molar refractivity (Wildman–Crippen MR) is 139 cm³/mol. The first-order chi connectivity index (χ1) is 15.9. The number of aromatic nitrogens is 3. The number of nitrogens with zero attached hydrogens (tertiary/aromatic N) is 3. The van der Waals surface area contributed by atoms with Crippen LogP contribution in [0.2, 0.25) is 15.1 Å². The van der Waals surface area contributed by atoms with Gasteiger partial charge in [0.1, 0.15) is 15.9 Å². The van der Waals surface area contributed by atoms with Gasteiger partial charge in [0.15, 0.2) is 5.11 Å². The van der Waals surface area contributed by atoms with E-state index in [0.29, 0.717) is 36.7 Å². The molecule has 0 unspecified atom stereocenters. The van der Waals surface area contributed by atoms with Crippen LogP contribution in [0.3, 0.4) is 0 Å². The van der Waals surface area contributed by atoms with Gasteiger partial charge in [-0.1, -0.05) is 59.1 Å². The molecule has 6 nitrogen and oxygen atoms in total. The second-order valence-electron chi connectivity index (χ2n) is 6.94. The number of benzene rings is 3. The fourth-order valence-corrected chi connectivity index (χ4v) is 5.31. The fraction of sp³-hybridized carbons (Fsp3) is 0. The lowest BCUT2D eigenvalue weighted by molar-refractivity contribution is 0.0982. The summed E-state index contributed by atoms with van der Waals surface area (Å²) in [4.78, 5) is 14.6. The van der Waals surface area contributed by atoms with Gasteiger partial charge in [0.05, 0.1) is 21.4 Å². The van der Waals surface area contributed by atoms with Crippen LogP contribution in [0.4, 0.5) is 5.69 Å². The summed E-state index contributed by atoms with van der Waals surface area (Å²) in [6.07, 6.45) is 0. The molecule has 2 aromatic heterocycles. The highest BCUT2D eigenvalue weighted by atomic mass is 35.5. The zero-order valence-electron chi connectivity index (χ0n) is 16.5. The average molecular weight is 533 g/mol. The van der Waals surface area contributed by atoms with Gasteiger partial charge in [0.2, 0.25) is 0 Å². The standard InChI is InChI=1S/C22H12Cl3N5OS2/c23-11-6-7-13-18(8-11)33-20(19(13)25)21(31)27-22(32)26-15-10-17-16(9-14(15)24)28-30(29-17)12-4-2-1-3-5-12/h1-10H,(H2,26,27,31,32). The van der Waals surface area contributed by atoms with Crippen molar-refractivity contribution in [2.45, 2.75) is 0 Å². The summed E-state index contributed by atoms with van der Waals surface area (Å²) in [5, 5.41) is 16.7. The van der Waals surface area contributed by atoms with Gasteiger partial charge in [0.25, 0.3) is 5.91 Å². The maximum Gasteiger partial charge on any atom is 0.269 e. The minimum Gasteiger partial charge on any atom is -0.331 e. The van der Waals surface area contributed by atoms with Crippen molar-refractivity contribution in [2.24, 2.45) is 0 Å². The predicted octanol–water partition coefficient (Wildman–Crippen LogP) is 6.72. The smallest absolute Gasteiger partial charge is 0.269 e. The van der Waals surface area contributed by atoms with Gasteiger partial charge >= 0.3 is 0 Å². The monoisotopic (exact) mass is 531 g/mol. The molecular weight excluding hydrogens is 521 g/mol. The van der Waals surface area contributed by atoms with Gasteiger partial charge in [-0.3, -0.25) is 10.1 Å². The lowest BCUT2D eigenvalue weighted by atomic mass is 10.2. The van der Waals surface area contributed by atoms with Crippen molar-refractivity contribution in [1.29, 1.82) is 0 Å². The number of para-hydroxylation sites is 1. The third-order valence-corrected chi connectivity index (χ3v) is 7.14. The SMILES string of the molecule is O=C(NC(=S)Nc1cc2nn(-c3ccccc3)nc2cc1Cl)c1sc2cc(Cl)ccc2c1Cl. The number of hydrogen-bond donors (Lipinski definition) is 2. The van der Waals surface area contributed by atoms with E-state index in [2.05, 4.69) is 20.8 Å². The summed E-state index contributed by atoms with van der Waals surface area (Å²) in [5.74, 6) is -0.429. The maximum atomic E-state index is 12.8. The molecular formula is C22H12Cl3N5OS2. The fourth-order valence-electron chi connectivity index (χ4n) is 3.21. The summed E-state index contributed by atoms with van der Waals surface area (Å²) in [6, 6.07) is 18.2. The molecule has 0 bridgehead atoms. The van der Waals surface area contributed by atoms with Crippen LogP contribution < -0.4 is 10.6 Å². The summed E-state index contributed by atoms with van der Waals surface area (Å²) in [7, 11) is 0. The van der Waals surface area contributed by atoms with Gasteiger partial charge in [-0.25, -0.2) is 0 Å². The number of fused-ring (bicyclic) bond motifs is 2. The number of carbonyl (C=O) groups is 1. The van der Waals surface area contributed by atoms with E-state index in [9.17, 15) is 4.79 Å². The Morgan fingerprint density at radius 3 is 2.45 bits per heavy atom. The number of carbonyl (C=O) groups excluding carboxylic acids is 1. The summed E-state index contributed by atoms with van der Waals surface area (Å²) in [6.45, 7) is 0. The van der Waals surface area contributed by atoms with Gasteiger partial charge in [-0.15, -0.1) is 21.5 Å². The molecule has 0 fully saturated rings. The molecule has 164 valence electrons. The molecule has 2 heterocycles. The molecule has 0 saturated carbocycles. The second-order valence-corrected chi connectivity index (χ2v) is 9.62. The minimum atomic E-state index is -0.429. The van der Waals surface area contributed by atoms with Crippen LogP contribution in [0.25, 0.3) is 26.8 Å². The van der Waals surface area contributed by atoms with Crippen molar-refractivity contribution in [1.82, 2.24) is 20.3 Å². The number of anilines is 1. The van der Waals surface area contributed by atoms with E-state index in [1.165, 1.54) is 16.1 Å². The molecule has 0 spiro atoms. The minimum absolute atomic E-state index is 0.0725. The van der Waals surface area contributed by atoms with Crippen LogP contribution in [-0.4, -0.2) is 26.0 Å². The lowest BCUT2D eigenvalue weighted by Gasteiger charge is -2.10. The number of nitrogens with one attached hydrogen (secondary N) is 2. The molecule has 5 rings (SSSR count). The van der Waals surface area contributed by atoms with Crippen LogP contribution in [0.1, 0.15) is 9.67 Å². The van der Waals surface area contributed by atoms with E-state index in [1.54, 1.807) is 30.3 Å². The molecule has 0 radical (unpaired) electrons. The van der Waals surface area contributed by atoms with Crippen LogP contribution in [0.15, 0.2) is 60.7 Å². The number of thiophene rings is 1. The molecule has 0 atom stereocenters. The molecule has 11 heteroatoms. The third kappa shape index (κ3) is 4.40. The molecule has 3 aromatic carbocycles. The van der Waals surface area contributed by atoms with Crippen LogP contribution in [-0.2, 0) is 0 Å². The van der Waals surface area contributed by atoms with E-state index in [0.717, 1.165) is 15.8 Å². The first-order valence-corrected chi connectivity index (χ1v) is 11.9. The van der Waals surface area contributed by atoms with Gasteiger partial charge < -0.3 is 5.32 Å². The molecule has 0 saturated heterocycles. The van der Waals surface area contributed by atoms with Gasteiger partial charge in [0, 0.05) is 15.1 Å².